The number of carbonyl (C=O) groups excluding carboxylic acids is 1. The molecule has 0 aliphatic carbocycles. The fourth-order valence-corrected chi connectivity index (χ4v) is 4.13. The van der Waals surface area contributed by atoms with Crippen molar-refractivity contribution in [3.05, 3.63) is 63.3 Å². The van der Waals surface area contributed by atoms with Crippen molar-refractivity contribution in [1.82, 2.24) is 14.8 Å². The molecule has 0 atom stereocenters. The Kier molecular flexibility index (Phi) is 7.57. The normalized spacial score (nSPS) is 10.8. The molecule has 29 heavy (non-hydrogen) atoms. The number of aromatic nitrogens is 3. The maximum Gasteiger partial charge on any atom is 0.234 e. The first-order valence-corrected chi connectivity index (χ1v) is 11.1. The first-order chi connectivity index (χ1) is 14.0. The summed E-state index contributed by atoms with van der Waals surface area (Å²) in [5, 5.41) is 12.6. The number of carbonyl (C=O) groups is 1. The zero-order chi connectivity index (χ0) is 20.8. The molecule has 3 aromatic rings. The maximum atomic E-state index is 12.3. The van der Waals surface area contributed by atoms with Crippen molar-refractivity contribution in [3.63, 3.8) is 0 Å². The van der Waals surface area contributed by atoms with Crippen LogP contribution < -0.4 is 10.1 Å². The Morgan fingerprint density at radius 1 is 1.28 bits per heavy atom. The summed E-state index contributed by atoms with van der Waals surface area (Å²) < 4.78 is 8.67. The van der Waals surface area contributed by atoms with Gasteiger partial charge in [-0.1, -0.05) is 51.4 Å². The molecule has 0 saturated heterocycles. The lowest BCUT2D eigenvalue weighted by molar-refractivity contribution is -0.113. The number of halogens is 2. The fraction of sp³-hybridized carbons (Fsp3) is 0.250. The Balaban J connectivity index is 1.59. The van der Waals surface area contributed by atoms with E-state index in [2.05, 4.69) is 31.4 Å². The molecule has 0 radical (unpaired) electrons. The highest BCUT2D eigenvalue weighted by molar-refractivity contribution is 9.10. The van der Waals surface area contributed by atoms with Crippen LogP contribution in [0.25, 0.3) is 0 Å². The zero-order valence-corrected chi connectivity index (χ0v) is 19.1. The number of amides is 1. The second kappa shape index (κ2) is 10.1. The average Bonchev–Trinajstić information content (AvgIpc) is 3.10. The van der Waals surface area contributed by atoms with Gasteiger partial charge in [-0.2, -0.15) is 0 Å². The van der Waals surface area contributed by atoms with Gasteiger partial charge in [0.25, 0.3) is 0 Å². The molecule has 3 rings (SSSR count). The Labute approximate surface area is 187 Å². The van der Waals surface area contributed by atoms with E-state index < -0.39 is 0 Å². The van der Waals surface area contributed by atoms with E-state index in [1.165, 1.54) is 11.8 Å². The van der Waals surface area contributed by atoms with Crippen LogP contribution in [0, 0.1) is 6.92 Å². The summed E-state index contributed by atoms with van der Waals surface area (Å²) in [7, 11) is 0. The summed E-state index contributed by atoms with van der Waals surface area (Å²) in [5.74, 6) is 1.41. The molecule has 0 unspecified atom stereocenters. The van der Waals surface area contributed by atoms with E-state index in [9.17, 15) is 4.79 Å². The summed E-state index contributed by atoms with van der Waals surface area (Å²) in [4.78, 5) is 12.3. The molecule has 9 heteroatoms. The van der Waals surface area contributed by atoms with Gasteiger partial charge in [-0.15, -0.1) is 10.2 Å². The van der Waals surface area contributed by atoms with Crippen LogP contribution in [0.4, 0.5) is 5.69 Å². The van der Waals surface area contributed by atoms with Gasteiger partial charge >= 0.3 is 0 Å². The van der Waals surface area contributed by atoms with Crippen LogP contribution in [0.3, 0.4) is 0 Å². The van der Waals surface area contributed by atoms with Crippen molar-refractivity contribution < 1.29 is 9.53 Å². The molecular formula is C20H20BrClN4O2S. The van der Waals surface area contributed by atoms with E-state index in [0.29, 0.717) is 28.3 Å². The Bertz CT molecular complexity index is 1010. The molecule has 0 aliphatic heterocycles. The maximum absolute atomic E-state index is 12.3. The third kappa shape index (κ3) is 5.74. The number of benzene rings is 2. The summed E-state index contributed by atoms with van der Waals surface area (Å²) in [6, 6.07) is 13.0. The molecule has 1 amide bonds. The first-order valence-electron chi connectivity index (χ1n) is 8.96. The largest absolute Gasteiger partial charge is 0.484 e. The van der Waals surface area contributed by atoms with Crippen LogP contribution >= 0.6 is 39.3 Å². The number of rotatable bonds is 8. The number of ether oxygens (including phenoxy) is 1. The third-order valence-corrected chi connectivity index (χ3v) is 5.87. The molecule has 1 N–H and O–H groups in total. The fourth-order valence-electron chi connectivity index (χ4n) is 2.64. The standard InChI is InChI=1S/C20H20BrClN4O2S/c1-3-26-18(11-28-17-7-5-4-6-15(17)22)24-25-20(26)29-12-19(27)23-16-9-8-14(21)10-13(16)2/h4-10H,3,11-12H2,1-2H3,(H,23,27). The number of aryl methyl sites for hydroxylation is 1. The van der Waals surface area contributed by atoms with Gasteiger partial charge < -0.3 is 14.6 Å². The van der Waals surface area contributed by atoms with Crippen LogP contribution in [0.15, 0.2) is 52.1 Å². The Morgan fingerprint density at radius 2 is 2.07 bits per heavy atom. The molecule has 1 heterocycles. The summed E-state index contributed by atoms with van der Waals surface area (Å²) in [6.45, 7) is 4.86. The summed E-state index contributed by atoms with van der Waals surface area (Å²) in [5.41, 5.74) is 1.79. The second-order valence-electron chi connectivity index (χ2n) is 6.16. The summed E-state index contributed by atoms with van der Waals surface area (Å²) in [6.07, 6.45) is 0. The van der Waals surface area contributed by atoms with Crippen molar-refractivity contribution >= 4 is 50.9 Å². The Hall–Kier alpha value is -2.03. The van der Waals surface area contributed by atoms with Gasteiger partial charge in [0, 0.05) is 16.7 Å². The lowest BCUT2D eigenvalue weighted by Gasteiger charge is -2.10. The number of nitrogens with one attached hydrogen (secondary N) is 1. The van der Waals surface area contributed by atoms with E-state index in [1.807, 2.05) is 48.7 Å². The van der Waals surface area contributed by atoms with E-state index in [4.69, 9.17) is 16.3 Å². The van der Waals surface area contributed by atoms with Crippen LogP contribution in [0.5, 0.6) is 5.75 Å². The minimum atomic E-state index is -0.0973. The highest BCUT2D eigenvalue weighted by atomic mass is 79.9. The van der Waals surface area contributed by atoms with Crippen LogP contribution in [0.1, 0.15) is 18.3 Å². The highest BCUT2D eigenvalue weighted by Gasteiger charge is 2.14. The van der Waals surface area contributed by atoms with Crippen LogP contribution in [0.2, 0.25) is 5.02 Å². The average molecular weight is 496 g/mol. The highest BCUT2D eigenvalue weighted by Crippen LogP contribution is 2.25. The van der Waals surface area contributed by atoms with E-state index in [0.717, 1.165) is 15.7 Å². The monoisotopic (exact) mass is 494 g/mol. The van der Waals surface area contributed by atoms with Gasteiger partial charge in [-0.05, 0) is 49.7 Å². The minimum Gasteiger partial charge on any atom is -0.484 e. The topological polar surface area (TPSA) is 69.0 Å². The van der Waals surface area contributed by atoms with Gasteiger partial charge in [-0.25, -0.2) is 0 Å². The zero-order valence-electron chi connectivity index (χ0n) is 16.0. The Morgan fingerprint density at radius 3 is 2.79 bits per heavy atom. The van der Waals surface area contributed by atoms with E-state index >= 15 is 0 Å². The lowest BCUT2D eigenvalue weighted by Crippen LogP contribution is -2.15. The van der Waals surface area contributed by atoms with Gasteiger partial charge in [-0.3, -0.25) is 4.79 Å². The molecule has 2 aromatic carbocycles. The molecule has 152 valence electrons. The molecular weight excluding hydrogens is 476 g/mol. The third-order valence-electron chi connectivity index (χ3n) is 4.10. The van der Waals surface area contributed by atoms with Crippen molar-refractivity contribution in [3.8, 4) is 5.75 Å². The van der Waals surface area contributed by atoms with Gasteiger partial charge in [0.15, 0.2) is 11.0 Å². The molecule has 0 saturated carbocycles. The quantitative estimate of drug-likeness (QED) is 0.428. The number of hydrogen-bond acceptors (Lipinski definition) is 5. The van der Waals surface area contributed by atoms with Gasteiger partial charge in [0.05, 0.1) is 10.8 Å². The molecule has 1 aromatic heterocycles. The predicted molar refractivity (Wildman–Crippen MR) is 120 cm³/mol. The predicted octanol–water partition coefficient (Wildman–Crippen LogP) is 5.33. The molecule has 0 spiro atoms. The van der Waals surface area contributed by atoms with Crippen molar-refractivity contribution in [2.45, 2.75) is 32.2 Å². The number of hydrogen-bond donors (Lipinski definition) is 1. The lowest BCUT2D eigenvalue weighted by atomic mass is 10.2. The molecule has 6 nitrogen and oxygen atoms in total. The van der Waals surface area contributed by atoms with Crippen molar-refractivity contribution in [2.75, 3.05) is 11.1 Å². The number of nitrogens with zero attached hydrogens (tertiary/aromatic N) is 3. The van der Waals surface area contributed by atoms with Crippen LogP contribution in [-0.4, -0.2) is 26.4 Å². The van der Waals surface area contributed by atoms with Crippen molar-refractivity contribution in [2.24, 2.45) is 0 Å². The number of thioether (sulfide) groups is 1. The smallest absolute Gasteiger partial charge is 0.234 e. The second-order valence-corrected chi connectivity index (χ2v) is 8.42. The van der Waals surface area contributed by atoms with Gasteiger partial charge in [0.1, 0.15) is 12.4 Å². The SMILES string of the molecule is CCn1c(COc2ccccc2Cl)nnc1SCC(=O)Nc1ccc(Br)cc1C. The van der Waals surface area contributed by atoms with Gasteiger partial charge in [0.2, 0.25) is 5.91 Å². The van der Waals surface area contributed by atoms with Crippen molar-refractivity contribution in [1.29, 1.82) is 0 Å². The number of anilines is 1. The molecule has 0 aliphatic rings. The van der Waals surface area contributed by atoms with E-state index in [1.54, 1.807) is 12.1 Å². The molecule has 0 bridgehead atoms. The molecule has 0 fully saturated rings. The number of para-hydroxylation sites is 1. The summed E-state index contributed by atoms with van der Waals surface area (Å²) >= 11 is 10.9. The van der Waals surface area contributed by atoms with E-state index in [-0.39, 0.29) is 18.3 Å². The minimum absolute atomic E-state index is 0.0973. The van der Waals surface area contributed by atoms with Crippen LogP contribution in [-0.2, 0) is 17.9 Å². The first kappa shape index (κ1) is 21.7.